The summed E-state index contributed by atoms with van der Waals surface area (Å²) < 4.78 is 4.75. The maximum atomic E-state index is 11.8. The third-order valence-corrected chi connectivity index (χ3v) is 3.43. The molecule has 0 fully saturated rings. The Morgan fingerprint density at radius 1 is 1.14 bits per heavy atom. The van der Waals surface area contributed by atoms with Crippen LogP contribution in [0.15, 0.2) is 54.6 Å². The number of carbonyl (C=O) groups is 1. The molecule has 0 bridgehead atoms. The Bertz CT molecular complexity index is 604. The molecule has 0 saturated carbocycles. The van der Waals surface area contributed by atoms with E-state index >= 15 is 0 Å². The number of benzene rings is 2. The van der Waals surface area contributed by atoms with Gasteiger partial charge >= 0.3 is 5.97 Å². The molecule has 3 N–H and O–H groups in total. The molecule has 0 aliphatic carbocycles. The molecule has 5 heteroatoms. The number of aliphatic hydroxyl groups is 1. The second kappa shape index (κ2) is 8.54. The zero-order valence-electron chi connectivity index (χ0n) is 12.3. The number of halogens is 1. The first-order chi connectivity index (χ1) is 10.1. The number of nitrogens with two attached hydrogens (primary N) is 1. The predicted molar refractivity (Wildman–Crippen MR) is 88.1 cm³/mol. The van der Waals surface area contributed by atoms with Crippen LogP contribution >= 0.6 is 12.4 Å². The van der Waals surface area contributed by atoms with Crippen LogP contribution in [0.25, 0.3) is 0 Å². The third kappa shape index (κ3) is 4.31. The summed E-state index contributed by atoms with van der Waals surface area (Å²) in [4.78, 5) is 11.8. The molecule has 0 heterocycles. The minimum atomic E-state index is -0.779. The van der Waals surface area contributed by atoms with E-state index in [1.807, 2.05) is 30.3 Å². The van der Waals surface area contributed by atoms with Gasteiger partial charge in [0.1, 0.15) is 0 Å². The fourth-order valence-corrected chi connectivity index (χ4v) is 2.27. The quantitative estimate of drug-likeness (QED) is 0.830. The minimum Gasteiger partial charge on any atom is -0.465 e. The Morgan fingerprint density at radius 3 is 2.36 bits per heavy atom. The molecule has 118 valence electrons. The van der Waals surface area contributed by atoms with Crippen molar-refractivity contribution in [3.8, 4) is 0 Å². The lowest BCUT2D eigenvalue weighted by atomic mass is 9.93. The second-order valence-electron chi connectivity index (χ2n) is 4.86. The summed E-state index contributed by atoms with van der Waals surface area (Å²) in [5.41, 5.74) is 8.10. The molecule has 0 spiro atoms. The highest BCUT2D eigenvalue weighted by Crippen LogP contribution is 2.22. The molecule has 0 unspecified atom stereocenters. The molecule has 4 nitrogen and oxygen atoms in total. The van der Waals surface area contributed by atoms with Crippen molar-refractivity contribution in [1.29, 1.82) is 0 Å². The summed E-state index contributed by atoms with van der Waals surface area (Å²) in [5.74, 6) is -0.451. The highest BCUT2D eigenvalue weighted by molar-refractivity contribution is 5.91. The van der Waals surface area contributed by atoms with Crippen LogP contribution in [0.4, 0.5) is 0 Å². The fraction of sp³-hybridized carbons (Fsp3) is 0.235. The van der Waals surface area contributed by atoms with Crippen molar-refractivity contribution in [1.82, 2.24) is 0 Å². The molecule has 2 atom stereocenters. The molecule has 0 saturated heterocycles. The first kappa shape index (κ1) is 18.2. The Kier molecular flexibility index (Phi) is 7.05. The number of rotatable bonds is 5. The van der Waals surface area contributed by atoms with Crippen LogP contribution in [0.1, 0.15) is 27.5 Å². The number of methoxy groups -OCH3 is 1. The van der Waals surface area contributed by atoms with E-state index in [4.69, 9.17) is 10.5 Å². The largest absolute Gasteiger partial charge is 0.465 e. The van der Waals surface area contributed by atoms with E-state index in [9.17, 15) is 9.90 Å². The second-order valence-corrected chi connectivity index (χ2v) is 4.86. The molecular formula is C17H20ClNO3. The van der Waals surface area contributed by atoms with E-state index in [0.717, 1.165) is 5.56 Å². The zero-order chi connectivity index (χ0) is 15.2. The summed E-state index contributed by atoms with van der Waals surface area (Å²) in [6.07, 6.45) is -0.351. The van der Waals surface area contributed by atoms with E-state index in [1.165, 1.54) is 7.11 Å². The molecule has 0 amide bonds. The summed E-state index contributed by atoms with van der Waals surface area (Å²) in [7, 11) is 1.32. The SMILES string of the molecule is COC(=O)c1ccccc1[C@@H](N)[C@@H](O)Cc1ccccc1.Cl. The first-order valence-corrected chi connectivity index (χ1v) is 6.78. The molecule has 2 aromatic carbocycles. The zero-order valence-corrected chi connectivity index (χ0v) is 13.1. The lowest BCUT2D eigenvalue weighted by Gasteiger charge is -2.21. The van der Waals surface area contributed by atoms with Crippen LogP contribution in [-0.4, -0.2) is 24.3 Å². The van der Waals surface area contributed by atoms with Crippen molar-refractivity contribution in [2.45, 2.75) is 18.6 Å². The highest BCUT2D eigenvalue weighted by Gasteiger charge is 2.22. The predicted octanol–water partition coefficient (Wildman–Crippen LogP) is 2.50. The summed E-state index contributed by atoms with van der Waals surface area (Å²) in [6, 6.07) is 15.9. The van der Waals surface area contributed by atoms with Crippen LogP contribution < -0.4 is 5.73 Å². The van der Waals surface area contributed by atoms with Crippen LogP contribution in [0.2, 0.25) is 0 Å². The van der Waals surface area contributed by atoms with Gasteiger partial charge in [-0.25, -0.2) is 4.79 Å². The Labute approximate surface area is 136 Å². The molecule has 0 radical (unpaired) electrons. The summed E-state index contributed by atoms with van der Waals surface area (Å²) in [6.45, 7) is 0. The van der Waals surface area contributed by atoms with Crippen LogP contribution in [0, 0.1) is 0 Å². The average Bonchev–Trinajstić information content (AvgIpc) is 2.54. The lowest BCUT2D eigenvalue weighted by molar-refractivity contribution is 0.0597. The molecular weight excluding hydrogens is 302 g/mol. The lowest BCUT2D eigenvalue weighted by Crippen LogP contribution is -2.29. The van der Waals surface area contributed by atoms with Gasteiger partial charge in [-0.15, -0.1) is 12.4 Å². The van der Waals surface area contributed by atoms with Crippen molar-refractivity contribution in [2.24, 2.45) is 5.73 Å². The number of esters is 1. The summed E-state index contributed by atoms with van der Waals surface area (Å²) >= 11 is 0. The smallest absolute Gasteiger partial charge is 0.338 e. The van der Waals surface area contributed by atoms with Crippen molar-refractivity contribution >= 4 is 18.4 Å². The minimum absolute atomic E-state index is 0. The van der Waals surface area contributed by atoms with E-state index in [-0.39, 0.29) is 12.4 Å². The maximum absolute atomic E-state index is 11.8. The fourth-order valence-electron chi connectivity index (χ4n) is 2.27. The maximum Gasteiger partial charge on any atom is 0.338 e. The van der Waals surface area contributed by atoms with Gasteiger partial charge in [0.05, 0.1) is 24.8 Å². The number of hydrogen-bond acceptors (Lipinski definition) is 4. The van der Waals surface area contributed by atoms with Crippen LogP contribution in [0.3, 0.4) is 0 Å². The highest BCUT2D eigenvalue weighted by atomic mass is 35.5. The van der Waals surface area contributed by atoms with Gasteiger partial charge in [0, 0.05) is 6.42 Å². The molecule has 0 aromatic heterocycles. The third-order valence-electron chi connectivity index (χ3n) is 3.43. The van der Waals surface area contributed by atoms with Gasteiger partial charge in [-0.3, -0.25) is 0 Å². The monoisotopic (exact) mass is 321 g/mol. The molecule has 0 aliphatic rings. The normalized spacial score (nSPS) is 12.9. The van der Waals surface area contributed by atoms with E-state index in [0.29, 0.717) is 17.5 Å². The van der Waals surface area contributed by atoms with Crippen molar-refractivity contribution < 1.29 is 14.6 Å². The first-order valence-electron chi connectivity index (χ1n) is 6.78. The van der Waals surface area contributed by atoms with Crippen LogP contribution in [-0.2, 0) is 11.2 Å². The van der Waals surface area contributed by atoms with Crippen molar-refractivity contribution in [3.05, 3.63) is 71.3 Å². The Hall–Kier alpha value is -1.88. The number of hydrogen-bond donors (Lipinski definition) is 2. The van der Waals surface area contributed by atoms with Gasteiger partial charge in [0.2, 0.25) is 0 Å². The van der Waals surface area contributed by atoms with Gasteiger partial charge in [-0.05, 0) is 17.2 Å². The van der Waals surface area contributed by atoms with Gasteiger partial charge in [-0.1, -0.05) is 48.5 Å². The van der Waals surface area contributed by atoms with Crippen molar-refractivity contribution in [3.63, 3.8) is 0 Å². The van der Waals surface area contributed by atoms with Crippen LogP contribution in [0.5, 0.6) is 0 Å². The number of aliphatic hydroxyl groups excluding tert-OH is 1. The Morgan fingerprint density at radius 2 is 1.73 bits per heavy atom. The van der Waals surface area contributed by atoms with Gasteiger partial charge in [0.15, 0.2) is 0 Å². The molecule has 2 rings (SSSR count). The average molecular weight is 322 g/mol. The van der Waals surface area contributed by atoms with Gasteiger partial charge in [-0.2, -0.15) is 0 Å². The topological polar surface area (TPSA) is 72.5 Å². The number of ether oxygens (including phenoxy) is 1. The molecule has 0 aliphatic heterocycles. The van der Waals surface area contributed by atoms with Crippen molar-refractivity contribution in [2.75, 3.05) is 7.11 Å². The standard InChI is InChI=1S/C17H19NO3.ClH/c1-21-17(20)14-10-6-5-9-13(14)16(18)15(19)11-12-7-3-2-4-8-12;/h2-10,15-16,19H,11,18H2,1H3;1H/t15-,16+;/m0./s1. The van der Waals surface area contributed by atoms with Gasteiger partial charge in [0.25, 0.3) is 0 Å². The van der Waals surface area contributed by atoms with E-state index < -0.39 is 18.1 Å². The summed E-state index contributed by atoms with van der Waals surface area (Å²) in [5, 5.41) is 10.3. The number of carbonyl (C=O) groups excluding carboxylic acids is 1. The van der Waals surface area contributed by atoms with Gasteiger partial charge < -0.3 is 15.6 Å². The van der Waals surface area contributed by atoms with E-state index in [1.54, 1.807) is 24.3 Å². The molecule has 22 heavy (non-hydrogen) atoms. The molecule has 2 aromatic rings. The van der Waals surface area contributed by atoms with E-state index in [2.05, 4.69) is 0 Å². The Balaban J connectivity index is 0.00000242.